The maximum atomic E-state index is 13.2. The fourth-order valence-corrected chi connectivity index (χ4v) is 2.74. The van der Waals surface area contributed by atoms with E-state index in [1.807, 2.05) is 30.3 Å². The van der Waals surface area contributed by atoms with Crippen LogP contribution in [0.3, 0.4) is 0 Å². The summed E-state index contributed by atoms with van der Waals surface area (Å²) in [6, 6.07) is 9.97. The van der Waals surface area contributed by atoms with Crippen molar-refractivity contribution >= 4 is 17.8 Å². The Morgan fingerprint density at radius 2 is 1.59 bits per heavy atom. The maximum Gasteiger partial charge on any atom is 0.328 e. The van der Waals surface area contributed by atoms with E-state index in [4.69, 9.17) is 4.74 Å². The van der Waals surface area contributed by atoms with E-state index in [0.717, 1.165) is 17.7 Å². The lowest BCUT2D eigenvalue weighted by molar-refractivity contribution is -0.145. The van der Waals surface area contributed by atoms with E-state index in [0.29, 0.717) is 6.07 Å². The summed E-state index contributed by atoms with van der Waals surface area (Å²) < 4.78 is 31.2. The zero-order valence-electron chi connectivity index (χ0n) is 16.1. The van der Waals surface area contributed by atoms with Crippen LogP contribution in [0.5, 0.6) is 0 Å². The number of carbonyl (C=O) groups excluding carboxylic acids is 3. The number of methoxy groups -OCH3 is 1. The molecule has 0 aliphatic carbocycles. The van der Waals surface area contributed by atoms with Crippen LogP contribution in [-0.2, 0) is 32.0 Å². The first-order valence-electron chi connectivity index (χ1n) is 8.95. The van der Waals surface area contributed by atoms with Gasteiger partial charge >= 0.3 is 5.97 Å². The lowest BCUT2D eigenvalue weighted by Crippen LogP contribution is -2.51. The fraction of sp³-hybridized carbons (Fsp3) is 0.286. The van der Waals surface area contributed by atoms with E-state index in [1.165, 1.54) is 14.0 Å². The van der Waals surface area contributed by atoms with Crippen LogP contribution in [0.15, 0.2) is 48.5 Å². The van der Waals surface area contributed by atoms with Gasteiger partial charge in [-0.05, 0) is 30.2 Å². The first kappa shape index (κ1) is 22.0. The molecular weight excluding hydrogens is 382 g/mol. The summed E-state index contributed by atoms with van der Waals surface area (Å²) >= 11 is 0. The molecule has 0 fully saturated rings. The molecule has 0 aliphatic heterocycles. The van der Waals surface area contributed by atoms with Crippen molar-refractivity contribution in [1.82, 2.24) is 10.6 Å². The third kappa shape index (κ3) is 6.99. The summed E-state index contributed by atoms with van der Waals surface area (Å²) in [7, 11) is 1.22. The van der Waals surface area contributed by atoms with E-state index < -0.39 is 41.5 Å². The van der Waals surface area contributed by atoms with Crippen LogP contribution in [0.4, 0.5) is 8.78 Å². The van der Waals surface area contributed by atoms with Crippen LogP contribution in [0.25, 0.3) is 0 Å². The summed E-state index contributed by atoms with van der Waals surface area (Å²) in [5, 5.41) is 5.00. The van der Waals surface area contributed by atoms with Crippen molar-refractivity contribution < 1.29 is 27.9 Å². The lowest BCUT2D eigenvalue weighted by atomic mass is 10.1. The van der Waals surface area contributed by atoms with Gasteiger partial charge in [0.2, 0.25) is 11.8 Å². The second-order valence-corrected chi connectivity index (χ2v) is 6.52. The molecule has 2 aromatic carbocycles. The van der Waals surface area contributed by atoms with Gasteiger partial charge in [0, 0.05) is 12.5 Å². The van der Waals surface area contributed by atoms with Crippen molar-refractivity contribution in [2.45, 2.75) is 31.8 Å². The van der Waals surface area contributed by atoms with Crippen molar-refractivity contribution in [1.29, 1.82) is 0 Å². The number of nitrogens with one attached hydrogen (secondary N) is 2. The Kier molecular flexibility index (Phi) is 7.82. The Labute approximate surface area is 167 Å². The highest BCUT2D eigenvalue weighted by molar-refractivity contribution is 5.91. The molecule has 0 aliphatic rings. The number of carbonyl (C=O) groups is 3. The predicted molar refractivity (Wildman–Crippen MR) is 102 cm³/mol. The smallest absolute Gasteiger partial charge is 0.328 e. The monoisotopic (exact) mass is 404 g/mol. The molecule has 2 unspecified atom stereocenters. The Hall–Kier alpha value is -3.29. The third-order valence-corrected chi connectivity index (χ3v) is 4.14. The van der Waals surface area contributed by atoms with Gasteiger partial charge < -0.3 is 15.4 Å². The summed E-state index contributed by atoms with van der Waals surface area (Å²) in [6.07, 6.45) is -0.0702. The zero-order chi connectivity index (χ0) is 21.4. The maximum absolute atomic E-state index is 13.2. The van der Waals surface area contributed by atoms with Crippen LogP contribution < -0.4 is 10.6 Å². The second-order valence-electron chi connectivity index (χ2n) is 6.52. The molecule has 2 aromatic rings. The third-order valence-electron chi connectivity index (χ3n) is 4.14. The van der Waals surface area contributed by atoms with Gasteiger partial charge in [0.05, 0.1) is 13.5 Å². The van der Waals surface area contributed by atoms with Crippen LogP contribution in [0.1, 0.15) is 18.1 Å². The van der Waals surface area contributed by atoms with E-state index in [9.17, 15) is 23.2 Å². The minimum absolute atomic E-state index is 0.143. The van der Waals surface area contributed by atoms with Crippen LogP contribution in [-0.4, -0.2) is 37.0 Å². The molecule has 2 rings (SSSR count). The number of benzene rings is 2. The molecule has 8 heteroatoms. The highest BCUT2D eigenvalue weighted by atomic mass is 19.1. The highest BCUT2D eigenvalue weighted by Crippen LogP contribution is 2.09. The Morgan fingerprint density at radius 3 is 2.17 bits per heavy atom. The standard InChI is InChI=1S/C21H22F2N2O4/c1-13(24-19(26)11-15-8-16(22)12-17(23)9-15)20(27)25-18(21(28)29-2)10-14-6-4-3-5-7-14/h3-9,12-13,18H,10-11H2,1-2H3,(H,24,26)(H,25,27). The number of halogens is 2. The first-order chi connectivity index (χ1) is 13.8. The van der Waals surface area contributed by atoms with Crippen LogP contribution in [0.2, 0.25) is 0 Å². The molecule has 2 atom stereocenters. The molecular formula is C21H22F2N2O4. The normalized spacial score (nSPS) is 12.6. The SMILES string of the molecule is COC(=O)C(Cc1ccccc1)NC(=O)C(C)NC(=O)Cc1cc(F)cc(F)c1. The molecule has 0 aromatic heterocycles. The quantitative estimate of drug-likeness (QED) is 0.659. The van der Waals surface area contributed by atoms with Gasteiger partial charge in [-0.2, -0.15) is 0 Å². The number of hydrogen-bond acceptors (Lipinski definition) is 4. The number of hydrogen-bond donors (Lipinski definition) is 2. The number of ether oxygens (including phenoxy) is 1. The molecule has 0 radical (unpaired) electrons. The van der Waals surface area contributed by atoms with E-state index in [2.05, 4.69) is 10.6 Å². The second kappa shape index (κ2) is 10.3. The van der Waals surface area contributed by atoms with E-state index >= 15 is 0 Å². The molecule has 29 heavy (non-hydrogen) atoms. The number of rotatable bonds is 8. The summed E-state index contributed by atoms with van der Waals surface area (Å²) in [5.41, 5.74) is 0.970. The summed E-state index contributed by atoms with van der Waals surface area (Å²) in [6.45, 7) is 1.44. The van der Waals surface area contributed by atoms with Crippen molar-refractivity contribution in [3.05, 3.63) is 71.3 Å². The minimum atomic E-state index is -0.969. The lowest BCUT2D eigenvalue weighted by Gasteiger charge is -2.20. The van der Waals surface area contributed by atoms with Crippen molar-refractivity contribution in [2.24, 2.45) is 0 Å². The number of amides is 2. The number of esters is 1. The summed E-state index contributed by atoms with van der Waals surface area (Å²) in [4.78, 5) is 36.5. The molecule has 0 saturated carbocycles. The van der Waals surface area contributed by atoms with Crippen molar-refractivity contribution in [3.8, 4) is 0 Å². The van der Waals surface area contributed by atoms with Gasteiger partial charge in [-0.15, -0.1) is 0 Å². The van der Waals surface area contributed by atoms with Gasteiger partial charge in [0.15, 0.2) is 0 Å². The Morgan fingerprint density at radius 1 is 0.966 bits per heavy atom. The molecule has 0 saturated heterocycles. The fourth-order valence-electron chi connectivity index (χ4n) is 2.74. The molecule has 2 N–H and O–H groups in total. The first-order valence-corrected chi connectivity index (χ1v) is 8.95. The Balaban J connectivity index is 1.95. The van der Waals surface area contributed by atoms with Crippen LogP contribution >= 0.6 is 0 Å². The average Bonchev–Trinajstić information content (AvgIpc) is 2.66. The largest absolute Gasteiger partial charge is 0.467 e. The van der Waals surface area contributed by atoms with Gasteiger partial charge in [0.1, 0.15) is 23.7 Å². The molecule has 2 amide bonds. The average molecular weight is 404 g/mol. The molecule has 0 spiro atoms. The topological polar surface area (TPSA) is 84.5 Å². The minimum Gasteiger partial charge on any atom is -0.467 e. The van der Waals surface area contributed by atoms with Crippen LogP contribution in [0, 0.1) is 11.6 Å². The summed E-state index contributed by atoms with van der Waals surface area (Å²) in [5.74, 6) is -3.37. The predicted octanol–water partition coefficient (Wildman–Crippen LogP) is 1.91. The highest BCUT2D eigenvalue weighted by Gasteiger charge is 2.25. The molecule has 154 valence electrons. The Bertz CT molecular complexity index is 854. The van der Waals surface area contributed by atoms with Crippen molar-refractivity contribution in [3.63, 3.8) is 0 Å². The molecule has 0 bridgehead atoms. The van der Waals surface area contributed by atoms with Gasteiger partial charge in [0.25, 0.3) is 0 Å². The van der Waals surface area contributed by atoms with Crippen molar-refractivity contribution in [2.75, 3.05) is 7.11 Å². The molecule has 0 heterocycles. The van der Waals surface area contributed by atoms with E-state index in [-0.39, 0.29) is 18.4 Å². The van der Waals surface area contributed by atoms with Gasteiger partial charge in [-0.1, -0.05) is 30.3 Å². The molecule has 6 nitrogen and oxygen atoms in total. The zero-order valence-corrected chi connectivity index (χ0v) is 16.1. The van der Waals surface area contributed by atoms with Gasteiger partial charge in [-0.25, -0.2) is 13.6 Å². The van der Waals surface area contributed by atoms with E-state index in [1.54, 1.807) is 0 Å². The van der Waals surface area contributed by atoms with Gasteiger partial charge in [-0.3, -0.25) is 9.59 Å².